The number of rotatable bonds is 3. The van der Waals surface area contributed by atoms with E-state index >= 15 is 0 Å². The summed E-state index contributed by atoms with van der Waals surface area (Å²) in [4.78, 5) is 12.5. The maximum atomic E-state index is 12.5. The molecule has 1 aliphatic carbocycles. The Bertz CT molecular complexity index is 602. The fraction of sp³-hybridized carbons (Fsp3) is 0.188. The minimum Gasteiger partial charge on any atom is -0.294 e. The highest BCUT2D eigenvalue weighted by Crippen LogP contribution is 2.50. The number of benzene rings is 2. The average Bonchev–Trinajstić information content (AvgIpc) is 3.19. The topological polar surface area (TPSA) is 17.1 Å². The van der Waals surface area contributed by atoms with E-state index in [1.807, 2.05) is 18.2 Å². The lowest BCUT2D eigenvalue weighted by Gasteiger charge is -2.05. The third-order valence-corrected chi connectivity index (χ3v) is 4.19. The lowest BCUT2D eigenvalue weighted by atomic mass is 10.0. The van der Waals surface area contributed by atoms with Crippen LogP contribution in [0, 0.1) is 5.92 Å². The maximum Gasteiger partial charge on any atom is 0.169 e. The molecule has 0 spiro atoms. The van der Waals surface area contributed by atoms with Crippen LogP contribution in [0.5, 0.6) is 0 Å². The molecule has 3 heteroatoms. The van der Waals surface area contributed by atoms with Crippen molar-refractivity contribution in [1.82, 2.24) is 0 Å². The van der Waals surface area contributed by atoms with Crippen LogP contribution in [0.1, 0.15) is 28.3 Å². The highest BCUT2D eigenvalue weighted by Gasteiger charge is 2.44. The predicted octanol–water partition coefficient (Wildman–Crippen LogP) is 4.98. The number of Topliss-reactive ketones (excluding diaryl/α,β-unsaturated/α-hetero) is 1. The largest absolute Gasteiger partial charge is 0.294 e. The standard InChI is InChI=1S/C16H12Cl2O/c17-13-7-4-8-14(18)15(13)16(19)12-9-11(12)10-5-2-1-3-6-10/h1-8,11-12H,9H2. The molecular formula is C16H12Cl2O. The van der Waals surface area contributed by atoms with Crippen molar-refractivity contribution in [2.75, 3.05) is 0 Å². The first-order valence-corrected chi connectivity index (χ1v) is 6.97. The van der Waals surface area contributed by atoms with Crippen LogP contribution < -0.4 is 0 Å². The highest BCUT2D eigenvalue weighted by molar-refractivity contribution is 6.40. The van der Waals surface area contributed by atoms with Gasteiger partial charge in [0.1, 0.15) is 0 Å². The van der Waals surface area contributed by atoms with E-state index in [-0.39, 0.29) is 11.7 Å². The quantitative estimate of drug-likeness (QED) is 0.729. The van der Waals surface area contributed by atoms with Gasteiger partial charge in [0.2, 0.25) is 0 Å². The summed E-state index contributed by atoms with van der Waals surface area (Å²) >= 11 is 12.2. The van der Waals surface area contributed by atoms with Crippen LogP contribution in [0.2, 0.25) is 10.0 Å². The first kappa shape index (κ1) is 12.7. The summed E-state index contributed by atoms with van der Waals surface area (Å²) in [5.74, 6) is 0.380. The van der Waals surface area contributed by atoms with Crippen molar-refractivity contribution < 1.29 is 4.79 Å². The smallest absolute Gasteiger partial charge is 0.169 e. The minimum atomic E-state index is 0.0137. The van der Waals surface area contributed by atoms with Crippen molar-refractivity contribution in [3.05, 3.63) is 69.7 Å². The van der Waals surface area contributed by atoms with Crippen molar-refractivity contribution in [3.63, 3.8) is 0 Å². The van der Waals surface area contributed by atoms with Crippen LogP contribution in [0.3, 0.4) is 0 Å². The van der Waals surface area contributed by atoms with Gasteiger partial charge >= 0.3 is 0 Å². The molecular weight excluding hydrogens is 279 g/mol. The van der Waals surface area contributed by atoms with Crippen LogP contribution in [0.15, 0.2) is 48.5 Å². The first-order chi connectivity index (χ1) is 9.18. The van der Waals surface area contributed by atoms with E-state index in [0.29, 0.717) is 21.5 Å². The van der Waals surface area contributed by atoms with Gasteiger partial charge < -0.3 is 0 Å². The number of carbonyl (C=O) groups excluding carboxylic acids is 1. The zero-order chi connectivity index (χ0) is 13.4. The number of ketones is 1. The Morgan fingerprint density at radius 3 is 2.21 bits per heavy atom. The van der Waals surface area contributed by atoms with Gasteiger partial charge in [0.15, 0.2) is 5.78 Å². The molecule has 2 unspecified atom stereocenters. The van der Waals surface area contributed by atoms with Crippen LogP contribution in [-0.4, -0.2) is 5.78 Å². The second kappa shape index (κ2) is 4.99. The van der Waals surface area contributed by atoms with E-state index in [9.17, 15) is 4.79 Å². The molecule has 1 aliphatic rings. The summed E-state index contributed by atoms with van der Waals surface area (Å²) in [6, 6.07) is 15.3. The summed E-state index contributed by atoms with van der Waals surface area (Å²) in [6.45, 7) is 0. The van der Waals surface area contributed by atoms with Gasteiger partial charge in [0.05, 0.1) is 15.6 Å². The second-order valence-corrected chi connectivity index (χ2v) is 5.63. The van der Waals surface area contributed by atoms with Gasteiger partial charge in [-0.05, 0) is 30.0 Å². The van der Waals surface area contributed by atoms with Crippen molar-refractivity contribution >= 4 is 29.0 Å². The van der Waals surface area contributed by atoms with Crippen molar-refractivity contribution in [2.24, 2.45) is 5.92 Å². The zero-order valence-electron chi connectivity index (χ0n) is 10.1. The molecule has 0 amide bonds. The Balaban J connectivity index is 1.84. The summed E-state index contributed by atoms with van der Waals surface area (Å²) in [5.41, 5.74) is 1.68. The number of carbonyl (C=O) groups is 1. The lowest BCUT2D eigenvalue weighted by Crippen LogP contribution is -2.05. The lowest BCUT2D eigenvalue weighted by molar-refractivity contribution is 0.0965. The third kappa shape index (κ3) is 2.41. The van der Waals surface area contributed by atoms with E-state index in [1.165, 1.54) is 5.56 Å². The Hall–Kier alpha value is -1.31. The highest BCUT2D eigenvalue weighted by atomic mass is 35.5. The van der Waals surface area contributed by atoms with Gasteiger partial charge in [-0.15, -0.1) is 0 Å². The first-order valence-electron chi connectivity index (χ1n) is 6.21. The van der Waals surface area contributed by atoms with Gasteiger partial charge in [-0.2, -0.15) is 0 Å². The molecule has 3 rings (SSSR count). The Labute approximate surface area is 122 Å². The van der Waals surface area contributed by atoms with Gasteiger partial charge in [-0.1, -0.05) is 59.6 Å². The third-order valence-electron chi connectivity index (χ3n) is 3.56. The Morgan fingerprint density at radius 1 is 0.947 bits per heavy atom. The molecule has 1 fully saturated rings. The summed E-state index contributed by atoms with van der Waals surface area (Å²) in [5, 5.41) is 0.882. The van der Waals surface area contributed by atoms with E-state index in [2.05, 4.69) is 12.1 Å². The molecule has 0 N–H and O–H groups in total. The molecule has 1 saturated carbocycles. The van der Waals surface area contributed by atoms with Crippen molar-refractivity contribution in [2.45, 2.75) is 12.3 Å². The molecule has 2 aromatic carbocycles. The van der Waals surface area contributed by atoms with E-state index in [1.54, 1.807) is 18.2 Å². The van der Waals surface area contributed by atoms with Gasteiger partial charge in [0.25, 0.3) is 0 Å². The number of hydrogen-bond acceptors (Lipinski definition) is 1. The van der Waals surface area contributed by atoms with Gasteiger partial charge in [0, 0.05) is 5.92 Å². The van der Waals surface area contributed by atoms with Crippen molar-refractivity contribution in [1.29, 1.82) is 0 Å². The molecule has 2 atom stereocenters. The Kier molecular flexibility index (Phi) is 3.34. The summed E-state index contributed by atoms with van der Waals surface area (Å²) < 4.78 is 0. The Morgan fingerprint density at radius 2 is 1.58 bits per heavy atom. The summed E-state index contributed by atoms with van der Waals surface area (Å²) in [7, 11) is 0. The molecule has 0 aliphatic heterocycles. The normalized spacial score (nSPS) is 21.2. The molecule has 0 heterocycles. The molecule has 0 radical (unpaired) electrons. The minimum absolute atomic E-state index is 0.0137. The average molecular weight is 291 g/mol. The van der Waals surface area contributed by atoms with Crippen LogP contribution in [0.4, 0.5) is 0 Å². The van der Waals surface area contributed by atoms with Crippen LogP contribution in [-0.2, 0) is 0 Å². The number of halogens is 2. The van der Waals surface area contributed by atoms with Gasteiger partial charge in [-0.3, -0.25) is 4.79 Å². The molecule has 1 nitrogen and oxygen atoms in total. The number of hydrogen-bond donors (Lipinski definition) is 0. The van der Waals surface area contributed by atoms with Crippen molar-refractivity contribution in [3.8, 4) is 0 Å². The zero-order valence-corrected chi connectivity index (χ0v) is 11.7. The monoisotopic (exact) mass is 290 g/mol. The summed E-state index contributed by atoms with van der Waals surface area (Å²) in [6.07, 6.45) is 0.879. The molecule has 96 valence electrons. The maximum absolute atomic E-state index is 12.5. The molecule has 0 saturated heterocycles. The molecule has 19 heavy (non-hydrogen) atoms. The fourth-order valence-electron chi connectivity index (χ4n) is 2.47. The van der Waals surface area contributed by atoms with E-state index in [0.717, 1.165) is 6.42 Å². The van der Waals surface area contributed by atoms with E-state index in [4.69, 9.17) is 23.2 Å². The van der Waals surface area contributed by atoms with E-state index < -0.39 is 0 Å². The van der Waals surface area contributed by atoms with Crippen LogP contribution >= 0.6 is 23.2 Å². The SMILES string of the molecule is O=C(c1c(Cl)cccc1Cl)C1CC1c1ccccc1. The predicted molar refractivity (Wildman–Crippen MR) is 78.1 cm³/mol. The molecule has 0 aromatic heterocycles. The van der Waals surface area contributed by atoms with Crippen LogP contribution in [0.25, 0.3) is 0 Å². The van der Waals surface area contributed by atoms with Gasteiger partial charge in [-0.25, -0.2) is 0 Å². The second-order valence-electron chi connectivity index (χ2n) is 4.82. The molecule has 0 bridgehead atoms. The fourth-order valence-corrected chi connectivity index (χ4v) is 3.06. The molecule has 2 aromatic rings.